The number of rotatable bonds is 3. The Morgan fingerprint density at radius 3 is 2.79 bits per heavy atom. The molecule has 1 atom stereocenters. The van der Waals surface area contributed by atoms with Gasteiger partial charge in [-0.1, -0.05) is 0 Å². The summed E-state index contributed by atoms with van der Waals surface area (Å²) in [6, 6.07) is 1.86. The zero-order valence-electron chi connectivity index (χ0n) is 10.7. The minimum Gasteiger partial charge on any atom is -0.465 e. The molecule has 2 heterocycles. The summed E-state index contributed by atoms with van der Waals surface area (Å²) in [6.07, 6.45) is 1.13. The first kappa shape index (κ1) is 13.5. The average molecular weight is 267 g/mol. The van der Waals surface area contributed by atoms with E-state index >= 15 is 0 Å². The monoisotopic (exact) mass is 267 g/mol. The Kier molecular flexibility index (Phi) is 4.16. The van der Waals surface area contributed by atoms with E-state index in [1.54, 1.807) is 13.0 Å². The predicted octanol–water partition coefficient (Wildman–Crippen LogP) is 1.05. The second-order valence-corrected chi connectivity index (χ2v) is 4.53. The van der Waals surface area contributed by atoms with E-state index in [-0.39, 0.29) is 12.1 Å². The van der Waals surface area contributed by atoms with Gasteiger partial charge in [-0.25, -0.2) is 9.78 Å². The molecule has 1 aliphatic rings. The molecule has 1 aliphatic heterocycles. The van der Waals surface area contributed by atoms with Crippen molar-refractivity contribution < 1.29 is 19.7 Å². The maximum absolute atomic E-state index is 10.8. The Hall–Kier alpha value is -1.89. The molecule has 1 fully saturated rings. The zero-order chi connectivity index (χ0) is 13.8. The van der Waals surface area contributed by atoms with E-state index in [0.29, 0.717) is 31.6 Å². The lowest BCUT2D eigenvalue weighted by Crippen LogP contribution is -2.41. The number of aliphatic hydroxyl groups excluding tert-OH is 1. The molecule has 104 valence electrons. The predicted molar refractivity (Wildman–Crippen MR) is 65.9 cm³/mol. The van der Waals surface area contributed by atoms with Gasteiger partial charge < -0.3 is 19.8 Å². The molecule has 7 nitrogen and oxygen atoms in total. The van der Waals surface area contributed by atoms with Crippen molar-refractivity contribution in [2.45, 2.75) is 32.0 Å². The van der Waals surface area contributed by atoms with Crippen molar-refractivity contribution in [3.8, 4) is 6.01 Å². The molecule has 2 rings (SSSR count). The van der Waals surface area contributed by atoms with Crippen LogP contribution in [-0.4, -0.2) is 50.4 Å². The molecule has 0 spiro atoms. The fraction of sp³-hybridized carbons (Fsp3) is 0.583. The first-order chi connectivity index (χ1) is 9.06. The van der Waals surface area contributed by atoms with Gasteiger partial charge in [-0.3, -0.25) is 0 Å². The van der Waals surface area contributed by atoms with Crippen molar-refractivity contribution in [1.82, 2.24) is 14.9 Å². The third kappa shape index (κ3) is 3.54. The van der Waals surface area contributed by atoms with E-state index in [4.69, 9.17) is 9.84 Å². The van der Waals surface area contributed by atoms with Crippen LogP contribution in [0.1, 0.15) is 31.6 Å². The van der Waals surface area contributed by atoms with Crippen LogP contribution in [0.25, 0.3) is 0 Å². The normalized spacial score (nSPS) is 18.1. The van der Waals surface area contributed by atoms with Gasteiger partial charge in [0.25, 0.3) is 0 Å². The molecule has 1 saturated heterocycles. The van der Waals surface area contributed by atoms with Gasteiger partial charge in [-0.15, -0.1) is 0 Å². The van der Waals surface area contributed by atoms with Gasteiger partial charge in [0.05, 0.1) is 11.8 Å². The lowest BCUT2D eigenvalue weighted by atomic mass is 10.1. The maximum atomic E-state index is 10.8. The van der Waals surface area contributed by atoms with Crippen molar-refractivity contribution in [2.24, 2.45) is 0 Å². The number of likely N-dealkylation sites (tertiary alicyclic amines) is 1. The highest BCUT2D eigenvalue weighted by molar-refractivity contribution is 5.65. The Balaban J connectivity index is 1.92. The van der Waals surface area contributed by atoms with E-state index in [2.05, 4.69) is 9.97 Å². The van der Waals surface area contributed by atoms with Crippen LogP contribution in [0.15, 0.2) is 12.3 Å². The third-order valence-electron chi connectivity index (χ3n) is 3.07. The van der Waals surface area contributed by atoms with Crippen LogP contribution in [-0.2, 0) is 0 Å². The van der Waals surface area contributed by atoms with Gasteiger partial charge in [0, 0.05) is 32.1 Å². The van der Waals surface area contributed by atoms with Gasteiger partial charge >= 0.3 is 12.1 Å². The summed E-state index contributed by atoms with van der Waals surface area (Å²) in [5.41, 5.74) is 0.507. The molecule has 7 heteroatoms. The van der Waals surface area contributed by atoms with Gasteiger partial charge in [0.2, 0.25) is 0 Å². The molecule has 0 aliphatic carbocycles. The molecule has 0 aromatic carbocycles. The molecule has 1 aromatic heterocycles. The summed E-state index contributed by atoms with van der Waals surface area (Å²) in [4.78, 5) is 20.2. The van der Waals surface area contributed by atoms with Crippen LogP contribution in [0.3, 0.4) is 0 Å². The molecule has 19 heavy (non-hydrogen) atoms. The fourth-order valence-electron chi connectivity index (χ4n) is 1.96. The molecular weight excluding hydrogens is 250 g/mol. The van der Waals surface area contributed by atoms with E-state index in [0.717, 1.165) is 0 Å². The van der Waals surface area contributed by atoms with Gasteiger partial charge in [0.15, 0.2) is 0 Å². The van der Waals surface area contributed by atoms with E-state index in [1.807, 2.05) is 0 Å². The lowest BCUT2D eigenvalue weighted by Gasteiger charge is -2.29. The highest BCUT2D eigenvalue weighted by Crippen LogP contribution is 2.17. The van der Waals surface area contributed by atoms with Gasteiger partial charge in [-0.2, -0.15) is 4.98 Å². The number of carboxylic acid groups (broad SMARTS) is 1. The Labute approximate surface area is 110 Å². The van der Waals surface area contributed by atoms with Crippen LogP contribution in [0, 0.1) is 0 Å². The number of amides is 1. The van der Waals surface area contributed by atoms with Crippen LogP contribution < -0.4 is 4.74 Å². The molecular formula is C12H17N3O4. The molecule has 0 bridgehead atoms. The quantitative estimate of drug-likeness (QED) is 0.849. The topological polar surface area (TPSA) is 95.8 Å². The van der Waals surface area contributed by atoms with E-state index in [9.17, 15) is 9.90 Å². The number of hydrogen-bond acceptors (Lipinski definition) is 5. The summed E-state index contributed by atoms with van der Waals surface area (Å²) in [5.74, 6) is 0. The van der Waals surface area contributed by atoms with Crippen molar-refractivity contribution in [3.63, 3.8) is 0 Å². The Morgan fingerprint density at radius 2 is 2.21 bits per heavy atom. The number of aliphatic hydroxyl groups is 1. The van der Waals surface area contributed by atoms with E-state index in [1.165, 1.54) is 11.1 Å². The first-order valence-electron chi connectivity index (χ1n) is 6.22. The Bertz CT molecular complexity index is 444. The van der Waals surface area contributed by atoms with Crippen LogP contribution in [0.5, 0.6) is 6.01 Å². The second-order valence-electron chi connectivity index (χ2n) is 4.53. The molecule has 1 unspecified atom stereocenters. The maximum Gasteiger partial charge on any atom is 0.407 e. The molecule has 1 amide bonds. The number of aromatic nitrogens is 2. The van der Waals surface area contributed by atoms with Crippen molar-refractivity contribution in [1.29, 1.82) is 0 Å². The summed E-state index contributed by atoms with van der Waals surface area (Å²) in [5, 5.41) is 18.3. The summed E-state index contributed by atoms with van der Waals surface area (Å²) in [6.45, 7) is 2.53. The van der Waals surface area contributed by atoms with E-state index < -0.39 is 12.2 Å². The average Bonchev–Trinajstić information content (AvgIpc) is 2.39. The third-order valence-corrected chi connectivity index (χ3v) is 3.07. The molecule has 1 aromatic rings. The highest BCUT2D eigenvalue weighted by Gasteiger charge is 2.24. The number of carbonyl (C=O) groups is 1. The Morgan fingerprint density at radius 1 is 1.53 bits per heavy atom. The molecule has 0 saturated carbocycles. The summed E-state index contributed by atoms with van der Waals surface area (Å²) in [7, 11) is 0. The van der Waals surface area contributed by atoms with Crippen molar-refractivity contribution in [2.75, 3.05) is 13.1 Å². The van der Waals surface area contributed by atoms with Gasteiger partial charge in [0.1, 0.15) is 6.10 Å². The summed E-state index contributed by atoms with van der Waals surface area (Å²) >= 11 is 0. The standard InChI is InChI=1S/C12H17N3O4/c1-8(16)10-2-5-13-11(14-10)19-9-3-6-15(7-4-9)12(17)18/h2,5,8-9,16H,3-4,6-7H2,1H3,(H,17,18). The van der Waals surface area contributed by atoms with Crippen LogP contribution >= 0.6 is 0 Å². The smallest absolute Gasteiger partial charge is 0.407 e. The summed E-state index contributed by atoms with van der Waals surface area (Å²) < 4.78 is 5.62. The van der Waals surface area contributed by atoms with Crippen molar-refractivity contribution in [3.05, 3.63) is 18.0 Å². The number of ether oxygens (including phenoxy) is 1. The number of nitrogens with zero attached hydrogens (tertiary/aromatic N) is 3. The molecule has 0 radical (unpaired) electrons. The first-order valence-corrected chi connectivity index (χ1v) is 6.22. The lowest BCUT2D eigenvalue weighted by molar-refractivity contribution is 0.0835. The van der Waals surface area contributed by atoms with Crippen LogP contribution in [0.2, 0.25) is 0 Å². The second kappa shape index (κ2) is 5.83. The fourth-order valence-corrected chi connectivity index (χ4v) is 1.96. The zero-order valence-corrected chi connectivity index (χ0v) is 10.7. The van der Waals surface area contributed by atoms with Gasteiger partial charge in [-0.05, 0) is 13.0 Å². The molecule has 2 N–H and O–H groups in total. The minimum atomic E-state index is -0.897. The minimum absolute atomic E-state index is 0.0835. The number of piperidine rings is 1. The van der Waals surface area contributed by atoms with Crippen molar-refractivity contribution >= 4 is 6.09 Å². The largest absolute Gasteiger partial charge is 0.465 e. The SMILES string of the molecule is CC(O)c1ccnc(OC2CCN(C(=O)O)CC2)n1. The van der Waals surface area contributed by atoms with Crippen LogP contribution in [0.4, 0.5) is 4.79 Å². The number of hydrogen-bond donors (Lipinski definition) is 2. The highest BCUT2D eigenvalue weighted by atomic mass is 16.5.